The molecule has 1 aliphatic carbocycles. The van der Waals surface area contributed by atoms with Crippen molar-refractivity contribution in [3.63, 3.8) is 0 Å². The molecule has 5 heteroatoms. The van der Waals surface area contributed by atoms with Gasteiger partial charge in [-0.2, -0.15) is 5.26 Å². The van der Waals surface area contributed by atoms with Gasteiger partial charge in [0.25, 0.3) is 0 Å². The molecule has 0 N–H and O–H groups in total. The van der Waals surface area contributed by atoms with Crippen LogP contribution in [-0.2, 0) is 4.79 Å². The van der Waals surface area contributed by atoms with Gasteiger partial charge in [-0.25, -0.2) is 0 Å². The van der Waals surface area contributed by atoms with E-state index < -0.39 is 0 Å². The summed E-state index contributed by atoms with van der Waals surface area (Å²) in [7, 11) is 1.64. The predicted octanol–water partition coefficient (Wildman–Crippen LogP) is 3.08. The Labute approximate surface area is 116 Å². The molecule has 1 aliphatic rings. The number of nitriles is 1. The number of halogens is 2. The molecule has 2 rings (SSSR count). The largest absolute Gasteiger partial charge is 0.332 e. The van der Waals surface area contributed by atoms with Gasteiger partial charge >= 0.3 is 0 Å². The lowest BCUT2D eigenvalue weighted by Gasteiger charge is -2.13. The van der Waals surface area contributed by atoms with Crippen LogP contribution in [0.5, 0.6) is 0 Å². The van der Waals surface area contributed by atoms with Gasteiger partial charge in [-0.1, -0.05) is 29.3 Å². The van der Waals surface area contributed by atoms with E-state index in [-0.39, 0.29) is 24.3 Å². The summed E-state index contributed by atoms with van der Waals surface area (Å²) >= 11 is 12.0. The Bertz CT molecular complexity index is 524. The maximum absolute atomic E-state index is 12.0. The Morgan fingerprint density at radius 1 is 1.56 bits per heavy atom. The molecule has 0 bridgehead atoms. The zero-order valence-corrected chi connectivity index (χ0v) is 11.4. The molecular weight excluding hydrogens is 271 g/mol. The quantitative estimate of drug-likeness (QED) is 0.800. The molecule has 0 aliphatic heterocycles. The van der Waals surface area contributed by atoms with Crippen molar-refractivity contribution in [2.75, 3.05) is 13.6 Å². The lowest BCUT2D eigenvalue weighted by Crippen LogP contribution is -2.28. The minimum atomic E-state index is -0.0537. The molecule has 94 valence electrons. The monoisotopic (exact) mass is 282 g/mol. The number of hydrogen-bond acceptors (Lipinski definition) is 2. The van der Waals surface area contributed by atoms with E-state index in [9.17, 15) is 4.79 Å². The molecule has 1 fully saturated rings. The Kier molecular flexibility index (Phi) is 3.79. The van der Waals surface area contributed by atoms with Crippen LogP contribution in [0.2, 0.25) is 10.0 Å². The molecule has 1 aromatic carbocycles. The molecule has 0 spiro atoms. The molecule has 0 radical (unpaired) electrons. The fraction of sp³-hybridized carbons (Fsp3) is 0.385. The smallest absolute Gasteiger partial charge is 0.226 e. The highest BCUT2D eigenvalue weighted by Crippen LogP contribution is 2.50. The average Bonchev–Trinajstić information content (AvgIpc) is 3.08. The van der Waals surface area contributed by atoms with E-state index in [1.54, 1.807) is 19.2 Å². The van der Waals surface area contributed by atoms with Crippen LogP contribution in [0.4, 0.5) is 0 Å². The van der Waals surface area contributed by atoms with Crippen LogP contribution < -0.4 is 0 Å². The van der Waals surface area contributed by atoms with Crippen molar-refractivity contribution in [2.24, 2.45) is 5.92 Å². The van der Waals surface area contributed by atoms with E-state index in [1.807, 2.05) is 12.1 Å². The molecule has 3 nitrogen and oxygen atoms in total. The van der Waals surface area contributed by atoms with Gasteiger partial charge in [0.2, 0.25) is 5.91 Å². The Morgan fingerprint density at radius 2 is 2.28 bits per heavy atom. The predicted molar refractivity (Wildman–Crippen MR) is 70.6 cm³/mol. The van der Waals surface area contributed by atoms with Crippen molar-refractivity contribution in [1.82, 2.24) is 4.90 Å². The number of rotatable bonds is 3. The zero-order chi connectivity index (χ0) is 13.3. The molecular formula is C13H12Cl2N2O. The first-order chi connectivity index (χ1) is 8.54. The third kappa shape index (κ3) is 2.60. The first-order valence-corrected chi connectivity index (χ1v) is 6.37. The fourth-order valence-corrected chi connectivity index (χ4v) is 2.63. The molecule has 1 aromatic rings. The number of nitrogens with zero attached hydrogens (tertiary/aromatic N) is 2. The number of benzene rings is 1. The van der Waals surface area contributed by atoms with E-state index >= 15 is 0 Å². The van der Waals surface area contributed by atoms with E-state index in [0.29, 0.717) is 10.0 Å². The molecule has 0 heterocycles. The summed E-state index contributed by atoms with van der Waals surface area (Å²) in [5.41, 5.74) is 0.963. The van der Waals surface area contributed by atoms with Crippen LogP contribution in [0.1, 0.15) is 17.9 Å². The summed E-state index contributed by atoms with van der Waals surface area (Å²) in [6.07, 6.45) is 0.788. The van der Waals surface area contributed by atoms with Crippen molar-refractivity contribution in [3.05, 3.63) is 33.8 Å². The van der Waals surface area contributed by atoms with Gasteiger partial charge in [0, 0.05) is 23.0 Å². The van der Waals surface area contributed by atoms with Gasteiger partial charge in [0.05, 0.1) is 6.07 Å². The van der Waals surface area contributed by atoms with Crippen molar-refractivity contribution in [2.45, 2.75) is 12.3 Å². The van der Waals surface area contributed by atoms with Crippen LogP contribution in [0, 0.1) is 17.2 Å². The van der Waals surface area contributed by atoms with Crippen LogP contribution in [0.25, 0.3) is 0 Å². The summed E-state index contributed by atoms with van der Waals surface area (Å²) in [6, 6.07) is 7.31. The molecule has 0 saturated heterocycles. The lowest BCUT2D eigenvalue weighted by atomic mass is 10.1. The fourth-order valence-electron chi connectivity index (χ4n) is 2.08. The summed E-state index contributed by atoms with van der Waals surface area (Å²) < 4.78 is 0. The maximum Gasteiger partial charge on any atom is 0.226 e. The van der Waals surface area contributed by atoms with Crippen LogP contribution >= 0.6 is 23.2 Å². The Morgan fingerprint density at radius 3 is 2.89 bits per heavy atom. The number of carbonyl (C=O) groups is 1. The maximum atomic E-state index is 12.0. The standard InChI is InChI=1S/C13H12Cl2N2O/c1-17(5-4-16)13(18)11-7-10(11)9-3-2-8(14)6-12(9)15/h2-3,6,10-11H,5,7H2,1H3. The summed E-state index contributed by atoms with van der Waals surface area (Å²) in [6.45, 7) is 0.121. The summed E-state index contributed by atoms with van der Waals surface area (Å²) in [4.78, 5) is 13.4. The van der Waals surface area contributed by atoms with Gasteiger partial charge in [-0.05, 0) is 30.0 Å². The second-order valence-electron chi connectivity index (χ2n) is 4.47. The van der Waals surface area contributed by atoms with Crippen LogP contribution in [0.15, 0.2) is 18.2 Å². The van der Waals surface area contributed by atoms with Crippen LogP contribution in [0.3, 0.4) is 0 Å². The minimum Gasteiger partial charge on any atom is -0.332 e. The summed E-state index contributed by atoms with van der Waals surface area (Å²) in [5, 5.41) is 9.76. The van der Waals surface area contributed by atoms with E-state index in [4.69, 9.17) is 28.5 Å². The van der Waals surface area contributed by atoms with Crippen molar-refractivity contribution < 1.29 is 4.79 Å². The number of amides is 1. The molecule has 2 unspecified atom stereocenters. The third-order valence-electron chi connectivity index (χ3n) is 3.15. The Hall–Kier alpha value is -1.24. The highest BCUT2D eigenvalue weighted by Gasteiger charge is 2.45. The lowest BCUT2D eigenvalue weighted by molar-refractivity contribution is -0.130. The second-order valence-corrected chi connectivity index (χ2v) is 5.31. The van der Waals surface area contributed by atoms with Crippen molar-refractivity contribution in [1.29, 1.82) is 5.26 Å². The number of carbonyl (C=O) groups excluding carboxylic acids is 1. The van der Waals surface area contributed by atoms with Gasteiger partial charge in [0.15, 0.2) is 0 Å². The van der Waals surface area contributed by atoms with Gasteiger partial charge in [-0.3, -0.25) is 4.79 Å². The first kappa shape index (κ1) is 13.2. The highest BCUT2D eigenvalue weighted by molar-refractivity contribution is 6.35. The minimum absolute atomic E-state index is 0.00701. The topological polar surface area (TPSA) is 44.1 Å². The van der Waals surface area contributed by atoms with E-state index in [1.165, 1.54) is 4.90 Å². The first-order valence-electron chi connectivity index (χ1n) is 5.61. The normalized spacial score (nSPS) is 21.2. The molecule has 2 atom stereocenters. The Balaban J connectivity index is 2.07. The molecule has 0 aromatic heterocycles. The van der Waals surface area contributed by atoms with E-state index in [0.717, 1.165) is 12.0 Å². The highest BCUT2D eigenvalue weighted by atomic mass is 35.5. The SMILES string of the molecule is CN(CC#N)C(=O)C1CC1c1ccc(Cl)cc1Cl. The van der Waals surface area contributed by atoms with E-state index in [2.05, 4.69) is 0 Å². The molecule has 1 amide bonds. The van der Waals surface area contributed by atoms with Gasteiger partial charge < -0.3 is 4.90 Å². The molecule has 18 heavy (non-hydrogen) atoms. The van der Waals surface area contributed by atoms with Gasteiger partial charge in [-0.15, -0.1) is 0 Å². The molecule has 1 saturated carbocycles. The second kappa shape index (κ2) is 5.17. The third-order valence-corrected chi connectivity index (χ3v) is 3.72. The average molecular weight is 283 g/mol. The van der Waals surface area contributed by atoms with Gasteiger partial charge in [0.1, 0.15) is 6.54 Å². The number of hydrogen-bond donors (Lipinski definition) is 0. The zero-order valence-electron chi connectivity index (χ0n) is 9.86. The van der Waals surface area contributed by atoms with Crippen molar-refractivity contribution in [3.8, 4) is 6.07 Å². The van der Waals surface area contributed by atoms with Crippen molar-refractivity contribution >= 4 is 29.1 Å². The summed E-state index contributed by atoms with van der Waals surface area (Å²) in [5.74, 6) is 0.109. The van der Waals surface area contributed by atoms with Crippen LogP contribution in [-0.4, -0.2) is 24.4 Å².